The summed E-state index contributed by atoms with van der Waals surface area (Å²) in [5, 5.41) is 0. The van der Waals surface area contributed by atoms with Gasteiger partial charge in [-0.25, -0.2) is 0 Å². The first kappa shape index (κ1) is 24.9. The summed E-state index contributed by atoms with van der Waals surface area (Å²) in [6.07, 6.45) is 0. The van der Waals surface area contributed by atoms with Gasteiger partial charge in [0.1, 0.15) is 18.9 Å². The molecule has 0 aliphatic carbocycles. The van der Waals surface area contributed by atoms with Gasteiger partial charge in [0.15, 0.2) is 6.73 Å². The van der Waals surface area contributed by atoms with E-state index in [1.54, 1.807) is 0 Å². The van der Waals surface area contributed by atoms with Gasteiger partial charge < -0.3 is 28.2 Å². The van der Waals surface area contributed by atoms with Crippen LogP contribution < -0.4 is 4.74 Å². The summed E-state index contributed by atoms with van der Waals surface area (Å²) >= 11 is 0. The molecule has 0 atom stereocenters. The number of benzene rings is 1. The summed E-state index contributed by atoms with van der Waals surface area (Å²) in [6.45, 7) is 4.56. The summed E-state index contributed by atoms with van der Waals surface area (Å²) in [5.41, 5.74) is 3.86. The lowest BCUT2D eigenvalue weighted by atomic mass is 10.0. The van der Waals surface area contributed by atoms with Crippen molar-refractivity contribution in [3.63, 3.8) is 0 Å². The van der Waals surface area contributed by atoms with E-state index in [0.717, 1.165) is 34.3 Å². The molecular weight excluding hydrogens is 352 g/mol. The van der Waals surface area contributed by atoms with Crippen LogP contribution in [0, 0.1) is 0 Å². The van der Waals surface area contributed by atoms with Crippen LogP contribution in [0.2, 0.25) is 0 Å². The summed E-state index contributed by atoms with van der Waals surface area (Å²) in [4.78, 5) is 4.40. The molecule has 6 nitrogen and oxygen atoms in total. The van der Waals surface area contributed by atoms with Crippen molar-refractivity contribution in [2.24, 2.45) is 0 Å². The van der Waals surface area contributed by atoms with Crippen LogP contribution in [-0.4, -0.2) is 109 Å². The zero-order chi connectivity index (χ0) is 21.5. The van der Waals surface area contributed by atoms with Crippen molar-refractivity contribution in [1.82, 2.24) is 9.80 Å². The molecule has 0 aliphatic heterocycles. The van der Waals surface area contributed by atoms with E-state index < -0.39 is 0 Å². The van der Waals surface area contributed by atoms with Crippen LogP contribution in [0.3, 0.4) is 0 Å². The number of ether oxygens (including phenoxy) is 2. The predicted octanol–water partition coefficient (Wildman–Crippen LogP) is 2.08. The smallest absolute Gasteiger partial charge is 0.182 e. The van der Waals surface area contributed by atoms with E-state index in [1.165, 1.54) is 16.7 Å². The molecule has 162 valence electrons. The molecule has 0 unspecified atom stereocenters. The first-order valence-corrected chi connectivity index (χ1v) is 10.0. The second-order valence-electron chi connectivity index (χ2n) is 10.3. The fourth-order valence-corrected chi connectivity index (χ4v) is 3.11. The third-order valence-corrected chi connectivity index (χ3v) is 3.89. The lowest BCUT2D eigenvalue weighted by Gasteiger charge is -2.27. The van der Waals surface area contributed by atoms with Crippen molar-refractivity contribution in [3.8, 4) is 5.75 Å². The normalized spacial score (nSPS) is 12.9. The van der Waals surface area contributed by atoms with Crippen LogP contribution >= 0.6 is 0 Å². The van der Waals surface area contributed by atoms with E-state index in [2.05, 4.69) is 92.4 Å². The number of rotatable bonds is 12. The van der Waals surface area contributed by atoms with Crippen molar-refractivity contribution in [3.05, 3.63) is 28.8 Å². The van der Waals surface area contributed by atoms with E-state index in [9.17, 15) is 0 Å². The lowest BCUT2D eigenvalue weighted by Crippen LogP contribution is -2.37. The quantitative estimate of drug-likeness (QED) is 0.307. The highest BCUT2D eigenvalue weighted by atomic mass is 16.5. The minimum Gasteiger partial charge on any atom is -0.491 e. The Morgan fingerprint density at radius 3 is 1.64 bits per heavy atom. The number of nitrogens with zero attached hydrogens (tertiary/aromatic N) is 4. The molecule has 0 spiro atoms. The van der Waals surface area contributed by atoms with Crippen LogP contribution in [0.5, 0.6) is 5.75 Å². The molecular formula is C22H44N4O2+2. The number of hydrogen-bond acceptors (Lipinski definition) is 4. The number of quaternary nitrogens is 2. The van der Waals surface area contributed by atoms with Crippen molar-refractivity contribution < 1.29 is 18.4 Å². The monoisotopic (exact) mass is 396 g/mol. The fourth-order valence-electron chi connectivity index (χ4n) is 3.11. The Bertz CT molecular complexity index is 571. The summed E-state index contributed by atoms with van der Waals surface area (Å²) < 4.78 is 13.7. The maximum atomic E-state index is 6.28. The van der Waals surface area contributed by atoms with Crippen LogP contribution in [0.25, 0.3) is 0 Å². The van der Waals surface area contributed by atoms with E-state index in [4.69, 9.17) is 9.47 Å². The Labute approximate surface area is 173 Å². The zero-order valence-corrected chi connectivity index (χ0v) is 20.0. The highest BCUT2D eigenvalue weighted by molar-refractivity contribution is 5.45. The van der Waals surface area contributed by atoms with Crippen molar-refractivity contribution in [1.29, 1.82) is 0 Å². The average molecular weight is 397 g/mol. The molecule has 0 aliphatic rings. The molecule has 6 heteroatoms. The predicted molar refractivity (Wildman–Crippen MR) is 117 cm³/mol. The van der Waals surface area contributed by atoms with Crippen LogP contribution in [0.4, 0.5) is 0 Å². The summed E-state index contributed by atoms with van der Waals surface area (Å²) in [5.74, 6) is 1.02. The minimum absolute atomic E-state index is 0.565. The molecule has 0 saturated carbocycles. The maximum Gasteiger partial charge on any atom is 0.182 e. The van der Waals surface area contributed by atoms with Gasteiger partial charge in [-0.3, -0.25) is 0 Å². The van der Waals surface area contributed by atoms with Crippen LogP contribution in [0.1, 0.15) is 16.7 Å². The molecule has 0 saturated heterocycles. The highest BCUT2D eigenvalue weighted by Crippen LogP contribution is 2.29. The van der Waals surface area contributed by atoms with E-state index >= 15 is 0 Å². The third kappa shape index (κ3) is 10.4. The highest BCUT2D eigenvalue weighted by Gasteiger charge is 2.18. The van der Waals surface area contributed by atoms with E-state index in [-0.39, 0.29) is 0 Å². The molecule has 0 radical (unpaired) electrons. The standard InChI is InChI=1S/C22H44N4O2/c1-23(2)15-20-13-19(17-25(5,6)7)14-21(16-24(3)4)22(20)28-12-11-27-18-26(8,9)10/h13-14H,11-12,15-18H2,1-10H3/q+2. The lowest BCUT2D eigenvalue weighted by molar-refractivity contribution is -0.890. The Hall–Kier alpha value is -1.18. The Kier molecular flexibility index (Phi) is 9.37. The van der Waals surface area contributed by atoms with E-state index in [1.807, 2.05) is 0 Å². The average Bonchev–Trinajstić information content (AvgIpc) is 2.45. The van der Waals surface area contributed by atoms with Gasteiger partial charge in [0.05, 0.1) is 48.9 Å². The van der Waals surface area contributed by atoms with E-state index in [0.29, 0.717) is 19.9 Å². The van der Waals surface area contributed by atoms with Gasteiger partial charge in [-0.2, -0.15) is 0 Å². The summed E-state index contributed by atoms with van der Waals surface area (Å²) in [7, 11) is 21.5. The Morgan fingerprint density at radius 1 is 0.750 bits per heavy atom. The van der Waals surface area contributed by atoms with Crippen LogP contribution in [-0.2, 0) is 24.4 Å². The molecule has 0 bridgehead atoms. The van der Waals surface area contributed by atoms with Gasteiger partial charge in [-0.05, 0) is 40.3 Å². The SMILES string of the molecule is CN(C)Cc1cc(C[N+](C)(C)C)cc(CN(C)C)c1OCCOC[N+](C)(C)C. The second-order valence-corrected chi connectivity index (χ2v) is 10.3. The minimum atomic E-state index is 0.565. The van der Waals surface area contributed by atoms with Crippen molar-refractivity contribution in [2.75, 3.05) is 90.4 Å². The third-order valence-electron chi connectivity index (χ3n) is 3.89. The molecule has 28 heavy (non-hydrogen) atoms. The maximum absolute atomic E-state index is 6.28. The molecule has 1 aromatic rings. The molecule has 0 N–H and O–H groups in total. The van der Waals surface area contributed by atoms with Crippen molar-refractivity contribution in [2.45, 2.75) is 19.6 Å². The molecule has 1 aromatic carbocycles. The largest absolute Gasteiger partial charge is 0.491 e. The first-order valence-electron chi connectivity index (χ1n) is 10.0. The zero-order valence-electron chi connectivity index (χ0n) is 20.0. The van der Waals surface area contributed by atoms with Gasteiger partial charge in [-0.1, -0.05) is 0 Å². The fraction of sp³-hybridized carbons (Fsp3) is 0.727. The molecule has 1 rings (SSSR count). The Morgan fingerprint density at radius 2 is 1.25 bits per heavy atom. The topological polar surface area (TPSA) is 24.9 Å². The second kappa shape index (κ2) is 10.6. The molecule has 0 fully saturated rings. The van der Waals surface area contributed by atoms with Gasteiger partial charge in [-0.15, -0.1) is 0 Å². The molecule has 0 aromatic heterocycles. The van der Waals surface area contributed by atoms with Gasteiger partial charge in [0.25, 0.3) is 0 Å². The van der Waals surface area contributed by atoms with Gasteiger partial charge in [0, 0.05) is 29.8 Å². The van der Waals surface area contributed by atoms with Crippen LogP contribution in [0.15, 0.2) is 12.1 Å². The molecule has 0 amide bonds. The van der Waals surface area contributed by atoms with Gasteiger partial charge in [0.2, 0.25) is 0 Å². The first-order chi connectivity index (χ1) is 12.8. The number of hydrogen-bond donors (Lipinski definition) is 0. The Balaban J connectivity index is 3.07. The molecule has 0 heterocycles. The van der Waals surface area contributed by atoms with Gasteiger partial charge >= 0.3 is 0 Å². The summed E-state index contributed by atoms with van der Waals surface area (Å²) in [6, 6.07) is 4.62. The van der Waals surface area contributed by atoms with Crippen molar-refractivity contribution >= 4 is 0 Å².